The second-order valence-electron chi connectivity index (χ2n) is 6.96. The Balaban J connectivity index is 2.08. The molecule has 2 heterocycles. The van der Waals surface area contributed by atoms with Crippen LogP contribution in [0.1, 0.15) is 36.7 Å². The topological polar surface area (TPSA) is 102 Å². The van der Waals surface area contributed by atoms with E-state index in [9.17, 15) is 9.59 Å². The summed E-state index contributed by atoms with van der Waals surface area (Å²) in [5.74, 6) is 1.54. The van der Waals surface area contributed by atoms with E-state index in [4.69, 9.17) is 9.47 Å². The molecular weight excluding hydrogens is 372 g/mol. The minimum absolute atomic E-state index is 0.0220. The van der Waals surface area contributed by atoms with Crippen molar-refractivity contribution in [2.24, 2.45) is 0 Å². The van der Waals surface area contributed by atoms with Gasteiger partial charge < -0.3 is 24.0 Å². The third-order valence-electron chi connectivity index (χ3n) is 4.53. The number of ether oxygens (including phenoxy) is 2. The van der Waals surface area contributed by atoms with Gasteiger partial charge in [0.2, 0.25) is 0 Å². The van der Waals surface area contributed by atoms with Gasteiger partial charge >= 0.3 is 0 Å². The molecule has 152 valence electrons. The van der Waals surface area contributed by atoms with Crippen molar-refractivity contribution < 1.29 is 9.47 Å². The van der Waals surface area contributed by atoms with Crippen LogP contribution >= 0.6 is 0 Å². The second kappa shape index (κ2) is 8.22. The van der Waals surface area contributed by atoms with Gasteiger partial charge in [-0.25, -0.2) is 4.98 Å². The van der Waals surface area contributed by atoms with Gasteiger partial charge in [-0.2, -0.15) is 0 Å². The molecule has 2 aromatic heterocycles. The van der Waals surface area contributed by atoms with Gasteiger partial charge in [-0.05, 0) is 29.7 Å². The number of aromatic amines is 2. The first kappa shape index (κ1) is 20.2. The lowest BCUT2D eigenvalue weighted by atomic mass is 10.1. The third-order valence-corrected chi connectivity index (χ3v) is 4.53. The number of hydrogen-bond acceptors (Lipinski definition) is 5. The highest BCUT2D eigenvalue weighted by atomic mass is 16.5. The molecule has 0 aliphatic carbocycles. The Hall–Kier alpha value is -3.55. The first-order valence-corrected chi connectivity index (χ1v) is 9.12. The lowest BCUT2D eigenvalue weighted by molar-refractivity contribution is 0.393. The first-order valence-electron chi connectivity index (χ1n) is 9.12. The van der Waals surface area contributed by atoms with Crippen molar-refractivity contribution in [3.8, 4) is 11.5 Å². The zero-order chi connectivity index (χ0) is 21.1. The summed E-state index contributed by atoms with van der Waals surface area (Å²) < 4.78 is 12.7. The van der Waals surface area contributed by atoms with Crippen LogP contribution in [0.5, 0.6) is 11.5 Å². The second-order valence-corrected chi connectivity index (χ2v) is 6.96. The molecule has 0 amide bonds. The van der Waals surface area contributed by atoms with Crippen molar-refractivity contribution in [2.45, 2.75) is 26.3 Å². The van der Waals surface area contributed by atoms with Crippen molar-refractivity contribution in [3.05, 3.63) is 72.9 Å². The van der Waals surface area contributed by atoms with Crippen molar-refractivity contribution in [3.63, 3.8) is 0 Å². The molecule has 0 saturated heterocycles. The van der Waals surface area contributed by atoms with Crippen LogP contribution in [-0.4, -0.2) is 33.7 Å². The monoisotopic (exact) mass is 396 g/mol. The first-order chi connectivity index (χ1) is 13.8. The van der Waals surface area contributed by atoms with E-state index in [0.717, 1.165) is 11.3 Å². The number of nitrogens with one attached hydrogen (secondary N) is 2. The maximum atomic E-state index is 12.2. The predicted molar refractivity (Wildman–Crippen MR) is 111 cm³/mol. The summed E-state index contributed by atoms with van der Waals surface area (Å²) in [6.45, 7) is 8.14. The van der Waals surface area contributed by atoms with E-state index in [2.05, 4.69) is 21.5 Å². The highest BCUT2D eigenvalue weighted by molar-refractivity contribution is 5.48. The normalized spacial score (nSPS) is 11.8. The molecule has 0 aliphatic heterocycles. The molecule has 0 bridgehead atoms. The van der Waals surface area contributed by atoms with Crippen LogP contribution in [0.4, 0.5) is 0 Å². The number of aromatic nitrogens is 4. The molecule has 2 N–H and O–H groups in total. The number of hydrogen-bond donors (Lipinski definition) is 2. The molecule has 0 radical (unpaired) electrons. The van der Waals surface area contributed by atoms with Gasteiger partial charge in [0.25, 0.3) is 11.1 Å². The van der Waals surface area contributed by atoms with Crippen LogP contribution in [-0.2, 0) is 6.54 Å². The molecule has 8 heteroatoms. The summed E-state index contributed by atoms with van der Waals surface area (Å²) in [6.07, 6.45) is 3.30. The SMILES string of the molecule is C=c1[nH]c(=O)c(=Cc2ncn(Cc3cc(OC)cc(OC)c3)c2C(C)C)[nH]c1=O. The average Bonchev–Trinajstić information content (AvgIpc) is 3.07. The van der Waals surface area contributed by atoms with Crippen LogP contribution in [0.3, 0.4) is 0 Å². The standard InChI is InChI=1S/C21H24N4O4/c1-12(2)19-17(9-18-21(27)23-13(3)20(26)24-18)22-11-25(19)10-14-6-15(28-4)8-16(7-14)29-5/h6-9,11-12H,3,10H2,1-2,4-5H3,(H,23,27)(H,24,26). The number of benzene rings is 1. The Morgan fingerprint density at radius 3 is 2.34 bits per heavy atom. The molecule has 3 rings (SSSR count). The molecule has 0 saturated carbocycles. The highest BCUT2D eigenvalue weighted by Gasteiger charge is 2.14. The van der Waals surface area contributed by atoms with E-state index in [0.29, 0.717) is 23.7 Å². The zero-order valence-corrected chi connectivity index (χ0v) is 16.9. The Kier molecular flexibility index (Phi) is 5.72. The summed E-state index contributed by atoms with van der Waals surface area (Å²) in [6, 6.07) is 5.69. The van der Waals surface area contributed by atoms with E-state index in [1.807, 2.05) is 36.6 Å². The summed E-state index contributed by atoms with van der Waals surface area (Å²) in [5.41, 5.74) is 1.68. The highest BCUT2D eigenvalue weighted by Crippen LogP contribution is 2.25. The van der Waals surface area contributed by atoms with Crippen LogP contribution in [0.2, 0.25) is 0 Å². The van der Waals surface area contributed by atoms with Gasteiger partial charge in [-0.15, -0.1) is 0 Å². The van der Waals surface area contributed by atoms with Gasteiger partial charge in [-0.1, -0.05) is 20.4 Å². The van der Waals surface area contributed by atoms with E-state index in [1.165, 1.54) is 0 Å². The predicted octanol–water partition coefficient (Wildman–Crippen LogP) is 0.688. The summed E-state index contributed by atoms with van der Waals surface area (Å²) in [5, 5.41) is 0.159. The minimum atomic E-state index is -0.440. The lowest BCUT2D eigenvalue weighted by Gasteiger charge is -2.14. The molecule has 29 heavy (non-hydrogen) atoms. The van der Waals surface area contributed by atoms with Crippen LogP contribution in [0.25, 0.3) is 12.7 Å². The summed E-state index contributed by atoms with van der Waals surface area (Å²) in [7, 11) is 3.22. The molecule has 0 aliphatic rings. The fourth-order valence-electron chi connectivity index (χ4n) is 3.18. The fourth-order valence-corrected chi connectivity index (χ4v) is 3.18. The minimum Gasteiger partial charge on any atom is -0.497 e. The molecular formula is C21H24N4O4. The van der Waals surface area contributed by atoms with Crippen LogP contribution in [0.15, 0.2) is 34.1 Å². The van der Waals surface area contributed by atoms with Gasteiger partial charge in [0.15, 0.2) is 0 Å². The van der Waals surface area contributed by atoms with Crippen molar-refractivity contribution in [2.75, 3.05) is 14.2 Å². The van der Waals surface area contributed by atoms with Crippen molar-refractivity contribution >= 4 is 12.7 Å². The van der Waals surface area contributed by atoms with E-state index < -0.39 is 11.1 Å². The Morgan fingerprint density at radius 2 is 1.76 bits per heavy atom. The Morgan fingerprint density at radius 1 is 1.10 bits per heavy atom. The quantitative estimate of drug-likeness (QED) is 0.638. The Labute approximate surface area is 167 Å². The van der Waals surface area contributed by atoms with Crippen LogP contribution < -0.4 is 31.3 Å². The number of imidazole rings is 1. The lowest BCUT2D eigenvalue weighted by Crippen LogP contribution is -2.46. The molecule has 1 aromatic carbocycles. The average molecular weight is 396 g/mol. The fraction of sp³-hybridized carbons (Fsp3) is 0.286. The molecule has 0 fully saturated rings. The van der Waals surface area contributed by atoms with E-state index >= 15 is 0 Å². The number of methoxy groups -OCH3 is 2. The third kappa shape index (κ3) is 4.31. The van der Waals surface area contributed by atoms with E-state index in [-0.39, 0.29) is 16.6 Å². The Bertz CT molecular complexity index is 1230. The number of nitrogens with zero attached hydrogens (tertiary/aromatic N) is 2. The van der Waals surface area contributed by atoms with Gasteiger partial charge in [-0.3, -0.25) is 9.59 Å². The number of H-pyrrole nitrogens is 2. The van der Waals surface area contributed by atoms with Crippen molar-refractivity contribution in [1.82, 2.24) is 19.5 Å². The van der Waals surface area contributed by atoms with Gasteiger partial charge in [0, 0.05) is 18.3 Å². The maximum Gasteiger partial charge on any atom is 0.272 e. The maximum absolute atomic E-state index is 12.2. The van der Waals surface area contributed by atoms with E-state index in [1.54, 1.807) is 26.6 Å². The van der Waals surface area contributed by atoms with Crippen molar-refractivity contribution in [1.29, 1.82) is 0 Å². The smallest absolute Gasteiger partial charge is 0.272 e. The summed E-state index contributed by atoms with van der Waals surface area (Å²) >= 11 is 0. The molecule has 8 nitrogen and oxygen atoms in total. The summed E-state index contributed by atoms with van der Waals surface area (Å²) in [4.78, 5) is 33.4. The zero-order valence-electron chi connectivity index (χ0n) is 16.9. The molecule has 3 aromatic rings. The molecule has 0 spiro atoms. The number of rotatable bonds is 6. The molecule has 0 unspecified atom stereocenters. The largest absolute Gasteiger partial charge is 0.497 e. The van der Waals surface area contributed by atoms with Gasteiger partial charge in [0.1, 0.15) is 16.8 Å². The van der Waals surface area contributed by atoms with Gasteiger partial charge in [0.05, 0.1) is 31.6 Å². The van der Waals surface area contributed by atoms with Crippen LogP contribution in [0, 0.1) is 0 Å². The molecule has 0 atom stereocenters.